The maximum Gasteiger partial charge on any atom is 0.229 e. The lowest BCUT2D eigenvalue weighted by atomic mass is 10.2. The van der Waals surface area contributed by atoms with Crippen LogP contribution < -0.4 is 34.7 Å². The molecule has 2 aromatic carbocycles. The third-order valence-electron chi connectivity index (χ3n) is 4.16. The fraction of sp³-hybridized carbons (Fsp3) is 0.200. The number of rotatable bonds is 9. The van der Waals surface area contributed by atoms with Crippen molar-refractivity contribution in [2.24, 2.45) is 5.14 Å². The summed E-state index contributed by atoms with van der Waals surface area (Å²) in [7, 11) is 6.27. The average molecular weight is 430 g/mol. The van der Waals surface area contributed by atoms with Crippen LogP contribution in [0.3, 0.4) is 0 Å². The molecule has 0 bridgehead atoms. The molecule has 0 amide bonds. The molecule has 4 N–H and O–H groups in total. The van der Waals surface area contributed by atoms with Crippen LogP contribution in [0.15, 0.2) is 47.5 Å². The van der Waals surface area contributed by atoms with Gasteiger partial charge in [-0.15, -0.1) is 0 Å². The van der Waals surface area contributed by atoms with Crippen LogP contribution >= 0.6 is 11.9 Å². The van der Waals surface area contributed by atoms with Crippen LogP contribution in [0.4, 0.5) is 23.1 Å². The summed E-state index contributed by atoms with van der Waals surface area (Å²) in [5.74, 6) is 3.20. The van der Waals surface area contributed by atoms with Crippen molar-refractivity contribution in [1.82, 2.24) is 9.97 Å². The maximum atomic E-state index is 5.81. The van der Waals surface area contributed by atoms with Crippen molar-refractivity contribution in [2.45, 2.75) is 4.90 Å². The molecule has 0 saturated carbocycles. The van der Waals surface area contributed by atoms with E-state index in [1.165, 1.54) is 0 Å². The smallest absolute Gasteiger partial charge is 0.229 e. The first-order valence-electron chi connectivity index (χ1n) is 8.84. The van der Waals surface area contributed by atoms with Crippen LogP contribution in [0, 0.1) is 0 Å². The summed E-state index contributed by atoms with van der Waals surface area (Å²) in [5, 5.41) is 12.2. The van der Waals surface area contributed by atoms with Crippen LogP contribution in [-0.2, 0) is 0 Å². The lowest BCUT2D eigenvalue weighted by Gasteiger charge is -2.15. The normalized spacial score (nSPS) is 10.3. The Kier molecular flexibility index (Phi) is 7.04. The molecule has 0 fully saturated rings. The van der Waals surface area contributed by atoms with Gasteiger partial charge in [0.05, 0.1) is 39.0 Å². The minimum absolute atomic E-state index is 0.388. The van der Waals surface area contributed by atoms with Crippen LogP contribution in [0.25, 0.3) is 0 Å². The predicted octanol–water partition coefficient (Wildman–Crippen LogP) is 3.96. The SMILES string of the molecule is COc1cc(Nc2nccc(Nc3cccc(OC)c3SN)n2)cc(OC)c1OC. The Balaban J connectivity index is 1.87. The largest absolute Gasteiger partial charge is 0.495 e. The van der Waals surface area contributed by atoms with E-state index in [1.54, 1.807) is 52.8 Å². The molecule has 0 aliphatic carbocycles. The Bertz CT molecular complexity index is 993. The van der Waals surface area contributed by atoms with E-state index in [-0.39, 0.29) is 0 Å². The lowest BCUT2D eigenvalue weighted by molar-refractivity contribution is 0.324. The zero-order valence-electron chi connectivity index (χ0n) is 17.1. The fourth-order valence-corrected chi connectivity index (χ4v) is 3.32. The summed E-state index contributed by atoms with van der Waals surface area (Å²) in [6, 6.07) is 10.9. The van der Waals surface area contributed by atoms with Crippen LogP contribution in [0.1, 0.15) is 0 Å². The number of nitrogens with one attached hydrogen (secondary N) is 2. The van der Waals surface area contributed by atoms with Crippen molar-refractivity contribution in [3.8, 4) is 23.0 Å². The van der Waals surface area contributed by atoms with E-state index in [4.69, 9.17) is 24.1 Å². The van der Waals surface area contributed by atoms with Gasteiger partial charge in [-0.1, -0.05) is 6.07 Å². The second-order valence-electron chi connectivity index (χ2n) is 5.88. The Hall–Kier alpha value is -3.37. The maximum absolute atomic E-state index is 5.81. The molecule has 158 valence electrons. The number of nitrogens with two attached hydrogens (primary N) is 1. The highest BCUT2D eigenvalue weighted by Crippen LogP contribution is 2.40. The molecule has 0 aliphatic heterocycles. The van der Waals surface area contributed by atoms with E-state index < -0.39 is 0 Å². The molecule has 0 saturated heterocycles. The molecule has 0 aliphatic rings. The molecule has 0 atom stereocenters. The van der Waals surface area contributed by atoms with E-state index in [0.717, 1.165) is 22.5 Å². The van der Waals surface area contributed by atoms with E-state index in [0.29, 0.717) is 40.5 Å². The lowest BCUT2D eigenvalue weighted by Crippen LogP contribution is -2.03. The van der Waals surface area contributed by atoms with Gasteiger partial charge in [0.1, 0.15) is 11.6 Å². The number of nitrogens with zero attached hydrogens (tertiary/aromatic N) is 2. The molecule has 1 aromatic heterocycles. The molecule has 1 heterocycles. The highest BCUT2D eigenvalue weighted by atomic mass is 32.2. The molecule has 0 radical (unpaired) electrons. The Morgan fingerprint density at radius 3 is 2.17 bits per heavy atom. The van der Waals surface area contributed by atoms with Crippen LogP contribution in [0.2, 0.25) is 0 Å². The monoisotopic (exact) mass is 429 g/mol. The van der Waals surface area contributed by atoms with Gasteiger partial charge in [0.25, 0.3) is 0 Å². The van der Waals surface area contributed by atoms with E-state index >= 15 is 0 Å². The van der Waals surface area contributed by atoms with Gasteiger partial charge in [0.2, 0.25) is 11.7 Å². The van der Waals surface area contributed by atoms with Gasteiger partial charge >= 0.3 is 0 Å². The van der Waals surface area contributed by atoms with Gasteiger partial charge in [-0.25, -0.2) is 4.98 Å². The summed E-state index contributed by atoms with van der Waals surface area (Å²) >= 11 is 1.10. The number of benzene rings is 2. The first-order valence-corrected chi connectivity index (χ1v) is 9.72. The molecule has 3 aromatic rings. The van der Waals surface area contributed by atoms with Crippen molar-refractivity contribution in [2.75, 3.05) is 39.1 Å². The third-order valence-corrected chi connectivity index (χ3v) is 4.81. The second kappa shape index (κ2) is 9.90. The zero-order valence-corrected chi connectivity index (χ0v) is 17.9. The average Bonchev–Trinajstić information content (AvgIpc) is 2.78. The summed E-state index contributed by atoms with van der Waals surface area (Å²) in [5.41, 5.74) is 1.46. The molecule has 0 unspecified atom stereocenters. The predicted molar refractivity (Wildman–Crippen MR) is 118 cm³/mol. The first-order chi connectivity index (χ1) is 14.6. The Morgan fingerprint density at radius 1 is 0.867 bits per heavy atom. The third kappa shape index (κ3) is 4.61. The van der Waals surface area contributed by atoms with Crippen LogP contribution in [-0.4, -0.2) is 38.4 Å². The van der Waals surface area contributed by atoms with Crippen molar-refractivity contribution >= 4 is 35.1 Å². The minimum Gasteiger partial charge on any atom is -0.495 e. The standard InChI is InChI=1S/C20H23N5O4S/c1-26-14-7-5-6-13(19(14)30-21)24-17-8-9-22-20(25-17)23-12-10-15(27-2)18(29-4)16(11-12)28-3/h5-11H,21H2,1-4H3,(H2,22,23,24,25). The van der Waals surface area contributed by atoms with Crippen molar-refractivity contribution < 1.29 is 18.9 Å². The number of hydrogen-bond acceptors (Lipinski definition) is 10. The molecule has 30 heavy (non-hydrogen) atoms. The van der Waals surface area contributed by atoms with E-state index in [9.17, 15) is 0 Å². The zero-order chi connectivity index (χ0) is 21.5. The molecule has 3 rings (SSSR count). The van der Waals surface area contributed by atoms with E-state index in [1.807, 2.05) is 18.2 Å². The van der Waals surface area contributed by atoms with Gasteiger partial charge < -0.3 is 29.6 Å². The molecule has 0 spiro atoms. The Morgan fingerprint density at radius 2 is 1.57 bits per heavy atom. The number of hydrogen-bond donors (Lipinski definition) is 3. The quantitative estimate of drug-likeness (QED) is 0.432. The highest BCUT2D eigenvalue weighted by molar-refractivity contribution is 7.97. The first kappa shape index (κ1) is 21.3. The number of ether oxygens (including phenoxy) is 4. The van der Waals surface area contributed by atoms with Crippen LogP contribution in [0.5, 0.6) is 23.0 Å². The summed E-state index contributed by atoms with van der Waals surface area (Å²) in [6.07, 6.45) is 1.64. The molecular weight excluding hydrogens is 406 g/mol. The summed E-state index contributed by atoms with van der Waals surface area (Å²) < 4.78 is 21.5. The van der Waals surface area contributed by atoms with Gasteiger partial charge in [-0.05, 0) is 30.1 Å². The van der Waals surface area contributed by atoms with E-state index in [2.05, 4.69) is 20.6 Å². The fourth-order valence-electron chi connectivity index (χ4n) is 2.81. The van der Waals surface area contributed by atoms with Crippen molar-refractivity contribution in [3.05, 3.63) is 42.6 Å². The summed E-state index contributed by atoms with van der Waals surface area (Å²) in [6.45, 7) is 0. The molecule has 9 nitrogen and oxygen atoms in total. The second-order valence-corrected chi connectivity index (χ2v) is 6.53. The summed E-state index contributed by atoms with van der Waals surface area (Å²) in [4.78, 5) is 9.56. The topological polar surface area (TPSA) is 113 Å². The number of methoxy groups -OCH3 is 4. The van der Waals surface area contributed by atoms with Gasteiger partial charge in [-0.2, -0.15) is 4.98 Å². The number of anilines is 4. The van der Waals surface area contributed by atoms with Crippen molar-refractivity contribution in [3.63, 3.8) is 0 Å². The van der Waals surface area contributed by atoms with Gasteiger partial charge in [-0.3, -0.25) is 5.14 Å². The van der Waals surface area contributed by atoms with Gasteiger partial charge in [0.15, 0.2) is 11.5 Å². The molecular formula is C20H23N5O4S. The highest BCUT2D eigenvalue weighted by Gasteiger charge is 2.14. The Labute approximate surface area is 179 Å². The molecule has 10 heteroatoms. The van der Waals surface area contributed by atoms with Gasteiger partial charge in [0, 0.05) is 24.0 Å². The number of aromatic nitrogens is 2. The van der Waals surface area contributed by atoms with Crippen molar-refractivity contribution in [1.29, 1.82) is 0 Å². The minimum atomic E-state index is 0.388.